The first-order valence-corrected chi connectivity index (χ1v) is 19.1. The Hall–Kier alpha value is -4.10. The van der Waals surface area contributed by atoms with Gasteiger partial charge in [0, 0.05) is 16.8 Å². The molecule has 6 aliphatic carbocycles. The quantitative estimate of drug-likeness (QED) is 0.189. The van der Waals surface area contributed by atoms with Crippen molar-refractivity contribution < 1.29 is 0 Å². The number of benzene rings is 5. The van der Waals surface area contributed by atoms with Crippen LogP contribution in [0.25, 0.3) is 22.3 Å². The minimum absolute atomic E-state index is 0.0757. The smallest absolute Gasteiger partial charge is 0.0502 e. The first-order chi connectivity index (χ1) is 23.8. The summed E-state index contributed by atoms with van der Waals surface area (Å²) in [5, 5.41) is 0. The number of nitrogens with zero attached hydrogens (tertiary/aromatic N) is 1. The molecule has 0 saturated heterocycles. The average Bonchev–Trinajstić information content (AvgIpc) is 3.40. The maximum absolute atomic E-state index is 2.69. The van der Waals surface area contributed by atoms with Gasteiger partial charge in [-0.25, -0.2) is 0 Å². The van der Waals surface area contributed by atoms with E-state index in [4.69, 9.17) is 0 Å². The summed E-state index contributed by atoms with van der Waals surface area (Å²) in [6.07, 6.45) is 9.45. The second-order valence-corrected chi connectivity index (χ2v) is 17.6. The van der Waals surface area contributed by atoms with Crippen LogP contribution in [0.5, 0.6) is 0 Å². The Morgan fingerprint density at radius 2 is 1.12 bits per heavy atom. The fourth-order valence-electron chi connectivity index (χ4n) is 12.1. The summed E-state index contributed by atoms with van der Waals surface area (Å²) in [6.45, 7) is 9.86. The highest BCUT2D eigenvalue weighted by molar-refractivity contribution is 5.97. The van der Waals surface area contributed by atoms with Gasteiger partial charge in [0.1, 0.15) is 0 Å². The lowest BCUT2D eigenvalue weighted by Crippen LogP contribution is -2.55. The highest BCUT2D eigenvalue weighted by atomic mass is 15.1. The van der Waals surface area contributed by atoms with E-state index in [9.17, 15) is 0 Å². The Balaban J connectivity index is 1.30. The normalized spacial score (nSPS) is 27.8. The number of anilines is 3. The average molecular weight is 640 g/mol. The second kappa shape index (κ2) is 10.5. The number of hydrogen-bond donors (Lipinski definition) is 0. The summed E-state index contributed by atoms with van der Waals surface area (Å²) in [4.78, 5) is 2.64. The zero-order valence-electron chi connectivity index (χ0n) is 29.7. The summed E-state index contributed by atoms with van der Waals surface area (Å²) in [6, 6.07) is 44.5. The van der Waals surface area contributed by atoms with Crippen LogP contribution in [0.2, 0.25) is 0 Å². The topological polar surface area (TPSA) is 3.24 Å². The summed E-state index contributed by atoms with van der Waals surface area (Å²) < 4.78 is 0. The highest BCUT2D eigenvalue weighted by Crippen LogP contribution is 2.70. The number of fused-ring (bicyclic) bond motifs is 4. The van der Waals surface area contributed by atoms with Crippen LogP contribution < -0.4 is 4.90 Å². The zero-order chi connectivity index (χ0) is 33.1. The molecular formula is C48H49N. The van der Waals surface area contributed by atoms with Crippen molar-refractivity contribution >= 4 is 17.1 Å². The zero-order valence-corrected chi connectivity index (χ0v) is 29.7. The van der Waals surface area contributed by atoms with E-state index in [0.29, 0.717) is 0 Å². The number of para-hydroxylation sites is 1. The van der Waals surface area contributed by atoms with E-state index >= 15 is 0 Å². The molecule has 0 aliphatic heterocycles. The minimum Gasteiger partial charge on any atom is -0.310 e. The van der Waals surface area contributed by atoms with Gasteiger partial charge in [-0.15, -0.1) is 0 Å². The van der Waals surface area contributed by atoms with Crippen molar-refractivity contribution in [3.8, 4) is 22.3 Å². The Kier molecular flexibility index (Phi) is 6.36. The van der Waals surface area contributed by atoms with Crippen LogP contribution in [0, 0.1) is 23.7 Å². The van der Waals surface area contributed by atoms with E-state index in [-0.39, 0.29) is 16.2 Å². The van der Waals surface area contributed by atoms with Crippen LogP contribution in [-0.4, -0.2) is 0 Å². The standard InChI is InChI=1S/C48H49N/c1-46(2)22-23-47(3,4)45-41(46)20-13-21-43(45)49(36-16-9-6-10-17-36)37-29-39(33-14-7-5-8-15-33)44-38-18-11-12-19-40(38)48(42(44)30-37)34-25-31-24-32(27-34)28-35(48)26-31/h5-21,29-32,34-35H,22-28H2,1-4H3. The highest BCUT2D eigenvalue weighted by Gasteiger charge is 2.62. The van der Waals surface area contributed by atoms with E-state index in [1.54, 1.807) is 11.1 Å². The van der Waals surface area contributed by atoms with Gasteiger partial charge in [-0.3, -0.25) is 0 Å². The molecule has 1 nitrogen and oxygen atoms in total. The van der Waals surface area contributed by atoms with Gasteiger partial charge in [0.05, 0.1) is 5.69 Å². The second-order valence-electron chi connectivity index (χ2n) is 17.6. The molecule has 5 aromatic rings. The first-order valence-electron chi connectivity index (χ1n) is 19.1. The van der Waals surface area contributed by atoms with Gasteiger partial charge >= 0.3 is 0 Å². The van der Waals surface area contributed by atoms with Gasteiger partial charge in [-0.05, 0) is 154 Å². The van der Waals surface area contributed by atoms with Crippen LogP contribution in [0.15, 0.2) is 115 Å². The molecule has 0 unspecified atom stereocenters. The molecule has 0 heterocycles. The lowest BCUT2D eigenvalue weighted by atomic mass is 9.43. The molecule has 0 atom stereocenters. The predicted molar refractivity (Wildman–Crippen MR) is 205 cm³/mol. The lowest BCUT2D eigenvalue weighted by molar-refractivity contribution is -0.0399. The van der Waals surface area contributed by atoms with Gasteiger partial charge in [0.15, 0.2) is 0 Å². The van der Waals surface area contributed by atoms with Crippen LogP contribution in [0.3, 0.4) is 0 Å². The predicted octanol–water partition coefficient (Wildman–Crippen LogP) is 12.9. The van der Waals surface area contributed by atoms with Gasteiger partial charge in [-0.1, -0.05) is 113 Å². The fourth-order valence-corrected chi connectivity index (χ4v) is 12.1. The molecule has 5 aromatic carbocycles. The molecule has 6 aliphatic rings. The van der Waals surface area contributed by atoms with Crippen molar-refractivity contribution in [2.45, 2.75) is 88.9 Å². The van der Waals surface area contributed by atoms with E-state index in [2.05, 4.69) is 148 Å². The summed E-state index contributed by atoms with van der Waals surface area (Å²) in [5.74, 6) is 3.28. The molecule has 4 saturated carbocycles. The molecule has 1 spiro atoms. The Morgan fingerprint density at radius 1 is 0.510 bits per heavy atom. The molecule has 0 aromatic heterocycles. The molecule has 49 heavy (non-hydrogen) atoms. The summed E-state index contributed by atoms with van der Waals surface area (Å²) >= 11 is 0. The lowest BCUT2D eigenvalue weighted by Gasteiger charge is -2.61. The van der Waals surface area contributed by atoms with Crippen LogP contribution in [-0.2, 0) is 16.2 Å². The minimum atomic E-state index is 0.0757. The first kappa shape index (κ1) is 29.8. The van der Waals surface area contributed by atoms with Gasteiger partial charge in [0.25, 0.3) is 0 Å². The van der Waals surface area contributed by atoms with Crippen LogP contribution in [0.1, 0.15) is 94.9 Å². The van der Waals surface area contributed by atoms with Crippen molar-refractivity contribution in [2.75, 3.05) is 4.90 Å². The molecule has 4 bridgehead atoms. The molecule has 0 amide bonds. The summed E-state index contributed by atoms with van der Waals surface area (Å²) in [7, 11) is 0. The molecule has 0 N–H and O–H groups in total. The van der Waals surface area contributed by atoms with Gasteiger partial charge in [0.2, 0.25) is 0 Å². The number of hydrogen-bond acceptors (Lipinski definition) is 1. The number of rotatable bonds is 4. The SMILES string of the molecule is CC1(C)CCC(C)(C)c2c(N(c3ccccc3)c3cc(-c4ccccc4)c4c(c3)C3(c5ccccc5-4)C4CC5CC(C4)CC3C5)cccc21. The van der Waals surface area contributed by atoms with Crippen molar-refractivity contribution in [3.05, 3.63) is 138 Å². The molecule has 1 heteroatoms. The van der Waals surface area contributed by atoms with Crippen molar-refractivity contribution in [3.63, 3.8) is 0 Å². The van der Waals surface area contributed by atoms with Crippen LogP contribution in [0.4, 0.5) is 17.1 Å². The Labute approximate surface area is 293 Å². The Bertz CT molecular complexity index is 2060. The summed E-state index contributed by atoms with van der Waals surface area (Å²) in [5.41, 5.74) is 16.2. The third-order valence-electron chi connectivity index (χ3n) is 14.1. The van der Waals surface area contributed by atoms with Crippen LogP contribution >= 0.6 is 0 Å². The monoisotopic (exact) mass is 639 g/mol. The molecule has 11 rings (SSSR count). The maximum Gasteiger partial charge on any atom is 0.0502 e. The molecule has 4 fully saturated rings. The van der Waals surface area contributed by atoms with E-state index in [0.717, 1.165) is 23.7 Å². The van der Waals surface area contributed by atoms with E-state index in [1.165, 1.54) is 95.4 Å². The van der Waals surface area contributed by atoms with E-state index in [1.807, 2.05) is 0 Å². The van der Waals surface area contributed by atoms with Crippen molar-refractivity contribution in [2.24, 2.45) is 23.7 Å². The largest absolute Gasteiger partial charge is 0.310 e. The van der Waals surface area contributed by atoms with Crippen molar-refractivity contribution in [1.29, 1.82) is 0 Å². The van der Waals surface area contributed by atoms with Gasteiger partial charge in [-0.2, -0.15) is 0 Å². The van der Waals surface area contributed by atoms with E-state index < -0.39 is 0 Å². The molecule has 0 radical (unpaired) electrons. The third-order valence-corrected chi connectivity index (χ3v) is 14.1. The Morgan fingerprint density at radius 3 is 1.84 bits per heavy atom. The van der Waals surface area contributed by atoms with Gasteiger partial charge < -0.3 is 4.90 Å². The molecule has 246 valence electrons. The van der Waals surface area contributed by atoms with Crippen molar-refractivity contribution in [1.82, 2.24) is 0 Å². The third kappa shape index (κ3) is 4.17. The maximum atomic E-state index is 2.69. The molecular weight excluding hydrogens is 591 g/mol. The fraction of sp³-hybridized carbons (Fsp3) is 0.375.